The van der Waals surface area contributed by atoms with E-state index in [1.54, 1.807) is 44.2 Å². The van der Waals surface area contributed by atoms with Crippen molar-refractivity contribution in [3.63, 3.8) is 0 Å². The highest BCUT2D eigenvalue weighted by Crippen LogP contribution is 2.14. The van der Waals surface area contributed by atoms with Crippen LogP contribution in [0.1, 0.15) is 97.5 Å². The number of hydrogen-bond acceptors (Lipinski definition) is 17. The number of aliphatic hydroxyl groups is 2. The number of unbranched alkanes of at least 4 members (excludes halogenated alkanes) is 1. The Labute approximate surface area is 455 Å². The van der Waals surface area contributed by atoms with Crippen molar-refractivity contribution in [1.29, 1.82) is 0 Å². The maximum absolute atomic E-state index is 14.5. The zero-order chi connectivity index (χ0) is 57.9. The molecule has 10 amide bonds. The van der Waals surface area contributed by atoms with Crippen LogP contribution in [0.25, 0.3) is 0 Å². The molecule has 0 aromatic heterocycles. The molecular formula is C51H87N15O12. The number of nitrogens with two attached hydrogens (primary N) is 4. The Morgan fingerprint density at radius 3 is 1.63 bits per heavy atom. The SMILES string of the molecule is CC(C)C[C@@H]1NC(=O)[C@@H](Cc2ccccc2)NC(=O)[C@H](CCN)NC(=O)[C@@H](NC(=O)[C@H](CCCCN)NC(=O)[C@@H](NC(=O)C2CCNCC2)C(C)O)CCNC(=O)C(C(C)O)NC(=O)[C@H](CCN)NC(=O)[C@H](CCN)NC1=O. The van der Waals surface area contributed by atoms with E-state index in [2.05, 4.69) is 58.5 Å². The number of benzene rings is 1. The lowest BCUT2D eigenvalue weighted by Gasteiger charge is -2.29. The van der Waals surface area contributed by atoms with E-state index in [4.69, 9.17) is 22.9 Å². The van der Waals surface area contributed by atoms with E-state index in [9.17, 15) is 58.2 Å². The third-order valence-electron chi connectivity index (χ3n) is 13.3. The van der Waals surface area contributed by atoms with Gasteiger partial charge < -0.3 is 91.6 Å². The van der Waals surface area contributed by atoms with Gasteiger partial charge in [0.15, 0.2) is 0 Å². The van der Waals surface area contributed by atoms with Crippen molar-refractivity contribution in [2.24, 2.45) is 34.8 Å². The summed E-state index contributed by atoms with van der Waals surface area (Å²) in [6.07, 6.45) is -2.12. The number of hydrogen-bond donors (Lipinski definition) is 17. The molecule has 78 heavy (non-hydrogen) atoms. The first-order valence-corrected chi connectivity index (χ1v) is 27.1. The lowest BCUT2D eigenvalue weighted by Crippen LogP contribution is -2.61. The monoisotopic (exact) mass is 1100 g/mol. The van der Waals surface area contributed by atoms with E-state index in [0.717, 1.165) is 0 Å². The fourth-order valence-electron chi connectivity index (χ4n) is 8.86. The Kier molecular flexibility index (Phi) is 29.2. The minimum absolute atomic E-state index is 0.0214. The average molecular weight is 1100 g/mol. The van der Waals surface area contributed by atoms with Crippen LogP contribution in [0.2, 0.25) is 0 Å². The van der Waals surface area contributed by atoms with Crippen molar-refractivity contribution in [3.8, 4) is 0 Å². The zero-order valence-corrected chi connectivity index (χ0v) is 45.4. The van der Waals surface area contributed by atoms with Gasteiger partial charge >= 0.3 is 0 Å². The summed E-state index contributed by atoms with van der Waals surface area (Å²) in [5.41, 5.74) is 24.0. The zero-order valence-electron chi connectivity index (χ0n) is 45.4. The molecule has 0 spiro atoms. The minimum Gasteiger partial charge on any atom is -0.391 e. The summed E-state index contributed by atoms with van der Waals surface area (Å²) in [5.74, 6) is -9.04. The molecule has 0 aliphatic carbocycles. The molecule has 11 atom stereocenters. The molecule has 2 aliphatic heterocycles. The number of nitrogens with one attached hydrogen (secondary N) is 11. The van der Waals surface area contributed by atoms with Crippen LogP contribution in [-0.2, 0) is 54.4 Å². The van der Waals surface area contributed by atoms with Crippen LogP contribution in [0, 0.1) is 11.8 Å². The van der Waals surface area contributed by atoms with Crippen LogP contribution < -0.4 is 81.4 Å². The molecule has 3 unspecified atom stereocenters. The van der Waals surface area contributed by atoms with Crippen molar-refractivity contribution in [1.82, 2.24) is 58.5 Å². The molecule has 27 heteroatoms. The summed E-state index contributed by atoms with van der Waals surface area (Å²) in [5, 5.41) is 50.6. The molecule has 0 bridgehead atoms. The normalized spacial score (nSPS) is 24.6. The van der Waals surface area contributed by atoms with Crippen molar-refractivity contribution < 1.29 is 58.2 Å². The highest BCUT2D eigenvalue weighted by molar-refractivity contribution is 5.99. The molecule has 3 rings (SSSR count). The summed E-state index contributed by atoms with van der Waals surface area (Å²) in [7, 11) is 0. The van der Waals surface area contributed by atoms with Gasteiger partial charge in [-0.05, 0) is 129 Å². The third-order valence-corrected chi connectivity index (χ3v) is 13.3. The summed E-state index contributed by atoms with van der Waals surface area (Å²) in [4.78, 5) is 140. The van der Waals surface area contributed by atoms with Crippen molar-refractivity contribution in [2.45, 2.75) is 165 Å². The van der Waals surface area contributed by atoms with Gasteiger partial charge in [0.05, 0.1) is 12.2 Å². The fourth-order valence-corrected chi connectivity index (χ4v) is 8.86. The van der Waals surface area contributed by atoms with Gasteiger partial charge in [0, 0.05) is 18.9 Å². The van der Waals surface area contributed by atoms with E-state index in [1.807, 2.05) is 0 Å². The van der Waals surface area contributed by atoms with Crippen LogP contribution in [0.15, 0.2) is 30.3 Å². The van der Waals surface area contributed by atoms with E-state index in [0.29, 0.717) is 44.3 Å². The van der Waals surface area contributed by atoms with E-state index >= 15 is 0 Å². The molecule has 2 fully saturated rings. The summed E-state index contributed by atoms with van der Waals surface area (Å²) in [6.45, 7) is 6.71. The first kappa shape index (κ1) is 65.9. The highest BCUT2D eigenvalue weighted by Gasteiger charge is 2.37. The van der Waals surface area contributed by atoms with Crippen LogP contribution in [-0.4, -0.2) is 182 Å². The van der Waals surface area contributed by atoms with Gasteiger partial charge in [0.1, 0.15) is 54.4 Å². The molecule has 438 valence electrons. The largest absolute Gasteiger partial charge is 0.391 e. The number of carbonyl (C=O) groups excluding carboxylic acids is 10. The number of aliphatic hydroxyl groups excluding tert-OH is 2. The number of rotatable bonds is 22. The smallest absolute Gasteiger partial charge is 0.245 e. The Morgan fingerprint density at radius 2 is 1.10 bits per heavy atom. The van der Waals surface area contributed by atoms with Crippen molar-refractivity contribution >= 4 is 59.1 Å². The number of amides is 10. The molecule has 2 heterocycles. The van der Waals surface area contributed by atoms with Crippen LogP contribution >= 0.6 is 0 Å². The molecule has 0 radical (unpaired) electrons. The van der Waals surface area contributed by atoms with Gasteiger partial charge in [-0.1, -0.05) is 44.2 Å². The van der Waals surface area contributed by atoms with Gasteiger partial charge in [-0.3, -0.25) is 47.9 Å². The molecule has 0 saturated carbocycles. The number of carbonyl (C=O) groups is 10. The molecule has 1 aromatic carbocycles. The maximum Gasteiger partial charge on any atom is 0.245 e. The van der Waals surface area contributed by atoms with Gasteiger partial charge in [-0.15, -0.1) is 0 Å². The minimum atomic E-state index is -1.65. The van der Waals surface area contributed by atoms with Crippen LogP contribution in [0.5, 0.6) is 0 Å². The molecule has 27 nitrogen and oxygen atoms in total. The second kappa shape index (κ2) is 34.5. The van der Waals surface area contributed by atoms with Gasteiger partial charge in [0.25, 0.3) is 0 Å². The Bertz CT molecular complexity index is 2130. The first-order valence-electron chi connectivity index (χ1n) is 27.1. The van der Waals surface area contributed by atoms with Crippen LogP contribution in [0.4, 0.5) is 0 Å². The second-order valence-electron chi connectivity index (χ2n) is 20.3. The second-order valence-corrected chi connectivity index (χ2v) is 20.3. The summed E-state index contributed by atoms with van der Waals surface area (Å²) < 4.78 is 0. The molecule has 2 saturated heterocycles. The average Bonchev–Trinajstić information content (AvgIpc) is 3.40. The Hall–Kier alpha value is -6.36. The first-order chi connectivity index (χ1) is 37.1. The summed E-state index contributed by atoms with van der Waals surface area (Å²) >= 11 is 0. The van der Waals surface area contributed by atoms with Gasteiger partial charge in [-0.2, -0.15) is 0 Å². The van der Waals surface area contributed by atoms with Crippen LogP contribution in [0.3, 0.4) is 0 Å². The quantitative estimate of drug-likeness (QED) is 0.0481. The topological polar surface area (TPSA) is 448 Å². The lowest BCUT2D eigenvalue weighted by molar-refractivity contribution is -0.137. The molecular weight excluding hydrogens is 1010 g/mol. The lowest BCUT2D eigenvalue weighted by atomic mass is 9.96. The van der Waals surface area contributed by atoms with Gasteiger partial charge in [-0.25, -0.2) is 0 Å². The maximum atomic E-state index is 14.5. The van der Waals surface area contributed by atoms with E-state index in [-0.39, 0.29) is 70.6 Å². The highest BCUT2D eigenvalue weighted by atomic mass is 16.3. The molecule has 21 N–H and O–H groups in total. The van der Waals surface area contributed by atoms with Gasteiger partial charge in [0.2, 0.25) is 59.1 Å². The Balaban J connectivity index is 2.13. The predicted octanol–water partition coefficient (Wildman–Crippen LogP) is -5.91. The molecule has 2 aliphatic rings. The molecule has 1 aromatic rings. The third kappa shape index (κ3) is 22.2. The number of piperidine rings is 1. The fraction of sp³-hybridized carbons (Fsp3) is 0.686. The summed E-state index contributed by atoms with van der Waals surface area (Å²) in [6, 6.07) is -4.32. The standard InChI is InChI=1S/C51H87N15O12/c1-28(2)26-38-48(75)60-34(13-20-53)44(71)59-36(15-22-55)47(74)66-40(29(3)67)50(77)57-25-18-37(46(73)58-35(14-21-54)45(72)64-39(49(76)63-38)27-31-10-6-5-7-11-31)61-43(70)33(12-8-9-19-52)62-51(78)41(30(4)68)65-42(69)32-16-23-56-24-17-32/h5-7,10-11,28-30,32-41,56,67-68H,8-9,12-27,52-55H2,1-4H3,(H,57,77)(H,58,73)(H,59,71)(H,60,75)(H,61,70)(H,62,78)(H,63,76)(H,64,72)(H,65,69)(H,66,74)/t29?,30?,33-,34-,35-,36-,37-,38-,39+,40?,41-/m0/s1. The van der Waals surface area contributed by atoms with E-state index < -0.39 is 145 Å². The van der Waals surface area contributed by atoms with E-state index in [1.165, 1.54) is 13.8 Å². The predicted molar refractivity (Wildman–Crippen MR) is 287 cm³/mol. The van der Waals surface area contributed by atoms with Crippen molar-refractivity contribution in [3.05, 3.63) is 35.9 Å². The van der Waals surface area contributed by atoms with Crippen molar-refractivity contribution in [2.75, 3.05) is 45.8 Å². The Morgan fingerprint density at radius 1 is 0.590 bits per heavy atom.